The Morgan fingerprint density at radius 3 is 2.10 bits per heavy atom. The maximum atomic E-state index is 8.81. The molecule has 0 aliphatic heterocycles. The highest BCUT2D eigenvalue weighted by Gasteiger charge is 2.26. The van der Waals surface area contributed by atoms with Gasteiger partial charge in [-0.1, -0.05) is 58.0 Å². The highest BCUT2D eigenvalue weighted by molar-refractivity contribution is 6.66. The van der Waals surface area contributed by atoms with Crippen LogP contribution in [-0.2, 0) is 3.79 Å². The molecular formula is C11H5Cl5N4. The van der Waals surface area contributed by atoms with Crippen LogP contribution in [0.3, 0.4) is 0 Å². The fraction of sp³-hybridized carbons (Fsp3) is 0.0909. The number of benzene rings is 1. The molecule has 1 aromatic heterocycles. The predicted octanol–water partition coefficient (Wildman–Crippen LogP) is 4.46. The summed E-state index contributed by atoms with van der Waals surface area (Å²) >= 11 is 29.6. The van der Waals surface area contributed by atoms with Gasteiger partial charge in [-0.3, -0.25) is 0 Å². The topological polar surface area (TPSA) is 67.6 Å². The zero-order chi connectivity index (χ0) is 15.1. The first-order valence-electron chi connectivity index (χ1n) is 5.06. The van der Waals surface area contributed by atoms with Crippen molar-refractivity contribution in [1.29, 1.82) is 5.26 Å². The molecule has 2 rings (SSSR count). The van der Waals surface area contributed by atoms with E-state index in [9.17, 15) is 0 Å². The Morgan fingerprint density at radius 1 is 1.15 bits per heavy atom. The Kier molecular flexibility index (Phi) is 4.29. The maximum Gasteiger partial charge on any atom is 0.216 e. The molecule has 0 amide bonds. The van der Waals surface area contributed by atoms with Crippen molar-refractivity contribution in [2.24, 2.45) is 0 Å². The van der Waals surface area contributed by atoms with Crippen molar-refractivity contribution < 1.29 is 0 Å². The van der Waals surface area contributed by atoms with Crippen molar-refractivity contribution in [1.82, 2.24) is 9.78 Å². The minimum atomic E-state index is -1.65. The van der Waals surface area contributed by atoms with E-state index in [-0.39, 0.29) is 21.6 Å². The summed E-state index contributed by atoms with van der Waals surface area (Å²) in [5.74, 6) is 0.215. The zero-order valence-electron chi connectivity index (χ0n) is 9.54. The van der Waals surface area contributed by atoms with Gasteiger partial charge in [-0.2, -0.15) is 10.4 Å². The van der Waals surface area contributed by atoms with Crippen molar-refractivity contribution in [3.63, 3.8) is 0 Å². The van der Waals surface area contributed by atoms with Crippen LogP contribution in [0.2, 0.25) is 10.0 Å². The van der Waals surface area contributed by atoms with Crippen LogP contribution in [0.5, 0.6) is 0 Å². The molecule has 2 aromatic rings. The first-order chi connectivity index (χ1) is 9.24. The molecule has 0 saturated heterocycles. The highest BCUT2D eigenvalue weighted by atomic mass is 35.6. The van der Waals surface area contributed by atoms with E-state index in [2.05, 4.69) is 5.10 Å². The maximum absolute atomic E-state index is 8.81. The van der Waals surface area contributed by atoms with Crippen LogP contribution in [0, 0.1) is 11.3 Å². The molecule has 0 aliphatic carbocycles. The van der Waals surface area contributed by atoms with Crippen molar-refractivity contribution in [3.05, 3.63) is 39.5 Å². The number of hydrogen-bond acceptors (Lipinski definition) is 3. The Labute approximate surface area is 139 Å². The molecule has 9 heteroatoms. The third kappa shape index (κ3) is 2.93. The van der Waals surface area contributed by atoms with Gasteiger partial charge < -0.3 is 5.73 Å². The van der Waals surface area contributed by atoms with E-state index >= 15 is 0 Å². The Balaban J connectivity index is 2.64. The molecule has 0 saturated carbocycles. The number of anilines is 1. The second kappa shape index (κ2) is 5.51. The summed E-state index contributed by atoms with van der Waals surface area (Å²) in [5, 5.41) is 13.2. The summed E-state index contributed by atoms with van der Waals surface area (Å²) in [6.45, 7) is 0. The minimum absolute atomic E-state index is 0.139. The molecule has 0 spiro atoms. The summed E-state index contributed by atoms with van der Waals surface area (Å²) < 4.78 is -0.398. The number of nitrogens with two attached hydrogens (primary N) is 1. The second-order valence-corrected chi connectivity index (χ2v) is 6.86. The van der Waals surface area contributed by atoms with Crippen LogP contribution in [0.4, 0.5) is 5.82 Å². The van der Waals surface area contributed by atoms with Gasteiger partial charge in [0.15, 0.2) is 5.69 Å². The van der Waals surface area contributed by atoms with Crippen LogP contribution in [0.1, 0.15) is 11.3 Å². The zero-order valence-corrected chi connectivity index (χ0v) is 13.3. The number of aromatic nitrogens is 2. The molecular weight excluding hydrogens is 365 g/mol. The molecule has 4 nitrogen and oxygen atoms in total. The molecule has 0 aliphatic rings. The number of halogens is 5. The largest absolute Gasteiger partial charge is 0.384 e. The van der Waals surface area contributed by atoms with Gasteiger partial charge in [0, 0.05) is 11.6 Å². The Morgan fingerprint density at radius 2 is 1.70 bits per heavy atom. The molecule has 0 bridgehead atoms. The lowest BCUT2D eigenvalue weighted by Crippen LogP contribution is -2.06. The van der Waals surface area contributed by atoms with Gasteiger partial charge in [-0.15, -0.1) is 0 Å². The van der Waals surface area contributed by atoms with Crippen molar-refractivity contribution in [2.45, 2.75) is 3.79 Å². The van der Waals surface area contributed by atoms with Gasteiger partial charge in [-0.25, -0.2) is 4.68 Å². The average Bonchev–Trinajstić information content (AvgIpc) is 2.69. The summed E-state index contributed by atoms with van der Waals surface area (Å²) in [4.78, 5) is 0. The molecule has 1 aromatic carbocycles. The number of alkyl halides is 3. The Hall–Kier alpha value is -0.830. The number of nitrogen functional groups attached to an aromatic ring is 1. The van der Waals surface area contributed by atoms with E-state index in [4.69, 9.17) is 69.0 Å². The molecule has 20 heavy (non-hydrogen) atoms. The van der Waals surface area contributed by atoms with Crippen LogP contribution in [0.25, 0.3) is 5.69 Å². The molecule has 0 unspecified atom stereocenters. The average molecular weight is 370 g/mol. The third-order valence-electron chi connectivity index (χ3n) is 2.41. The standard InChI is InChI=1S/C11H5Cl5N4/c12-7-1-5(11(14,15)16)2-8(13)10(7)20-9(18)3-6(4-17)19-20/h1-3H,18H2. The van der Waals surface area contributed by atoms with Gasteiger partial charge in [0.25, 0.3) is 0 Å². The van der Waals surface area contributed by atoms with Crippen LogP contribution >= 0.6 is 58.0 Å². The van der Waals surface area contributed by atoms with Crippen LogP contribution in [-0.4, -0.2) is 9.78 Å². The number of hydrogen-bond donors (Lipinski definition) is 1. The number of nitriles is 1. The van der Waals surface area contributed by atoms with Gasteiger partial charge in [0.05, 0.1) is 10.0 Å². The van der Waals surface area contributed by atoms with Crippen molar-refractivity contribution >= 4 is 63.8 Å². The van der Waals surface area contributed by atoms with Crippen molar-refractivity contribution in [3.8, 4) is 11.8 Å². The summed E-state index contributed by atoms with van der Waals surface area (Å²) in [7, 11) is 0. The summed E-state index contributed by atoms with van der Waals surface area (Å²) in [5.41, 5.74) is 6.53. The minimum Gasteiger partial charge on any atom is -0.384 e. The van der Waals surface area contributed by atoms with E-state index in [0.717, 1.165) is 0 Å². The molecule has 104 valence electrons. The van der Waals surface area contributed by atoms with Gasteiger partial charge >= 0.3 is 0 Å². The molecule has 2 N–H and O–H groups in total. The summed E-state index contributed by atoms with van der Waals surface area (Å²) in [6, 6.07) is 6.16. The van der Waals surface area contributed by atoms with Crippen LogP contribution < -0.4 is 5.73 Å². The quantitative estimate of drug-likeness (QED) is 0.754. The summed E-state index contributed by atoms with van der Waals surface area (Å²) in [6.07, 6.45) is 0. The lowest BCUT2D eigenvalue weighted by Gasteiger charge is -2.15. The van der Waals surface area contributed by atoms with E-state index in [1.54, 1.807) is 0 Å². The van der Waals surface area contributed by atoms with Gasteiger partial charge in [0.2, 0.25) is 3.79 Å². The second-order valence-electron chi connectivity index (χ2n) is 3.76. The van der Waals surface area contributed by atoms with E-state index in [1.165, 1.54) is 22.9 Å². The fourth-order valence-corrected chi connectivity index (χ4v) is 2.54. The smallest absolute Gasteiger partial charge is 0.216 e. The van der Waals surface area contributed by atoms with E-state index in [1.807, 2.05) is 6.07 Å². The number of rotatable bonds is 1. The number of nitrogens with zero attached hydrogens (tertiary/aromatic N) is 3. The lowest BCUT2D eigenvalue weighted by atomic mass is 10.2. The first kappa shape index (κ1) is 15.6. The van der Waals surface area contributed by atoms with Gasteiger partial charge in [-0.05, 0) is 12.1 Å². The third-order valence-corrected chi connectivity index (χ3v) is 3.64. The SMILES string of the molecule is N#Cc1cc(N)n(-c2c(Cl)cc(C(Cl)(Cl)Cl)cc2Cl)n1. The Bertz CT molecular complexity index is 688. The normalized spacial score (nSPS) is 11.4. The highest BCUT2D eigenvalue weighted by Crippen LogP contribution is 2.42. The molecule has 0 atom stereocenters. The fourth-order valence-electron chi connectivity index (χ4n) is 1.56. The monoisotopic (exact) mass is 368 g/mol. The first-order valence-corrected chi connectivity index (χ1v) is 6.95. The predicted molar refractivity (Wildman–Crippen MR) is 81.9 cm³/mol. The van der Waals surface area contributed by atoms with Crippen molar-refractivity contribution in [2.75, 3.05) is 5.73 Å². The van der Waals surface area contributed by atoms with Gasteiger partial charge in [0.1, 0.15) is 17.6 Å². The molecule has 0 radical (unpaired) electrons. The molecule has 1 heterocycles. The van der Waals surface area contributed by atoms with E-state index < -0.39 is 3.79 Å². The van der Waals surface area contributed by atoms with Crippen LogP contribution in [0.15, 0.2) is 18.2 Å². The molecule has 0 fully saturated rings. The lowest BCUT2D eigenvalue weighted by molar-refractivity contribution is 0.882. The van der Waals surface area contributed by atoms with E-state index in [0.29, 0.717) is 11.3 Å².